The standard InChI is InChI=1S/C12H15Cl2N3S/c1-3-17-8(4-7(2)16-17)5-10(15)9-6-11(13)18-12(9)14/h4,6,10H,3,5,15H2,1-2H3. The summed E-state index contributed by atoms with van der Waals surface area (Å²) in [5.41, 5.74) is 9.24. The monoisotopic (exact) mass is 303 g/mol. The zero-order valence-electron chi connectivity index (χ0n) is 10.3. The van der Waals surface area contributed by atoms with Crippen molar-refractivity contribution in [1.82, 2.24) is 9.78 Å². The van der Waals surface area contributed by atoms with Gasteiger partial charge in [-0.2, -0.15) is 5.10 Å². The molecule has 0 aliphatic carbocycles. The fourth-order valence-electron chi connectivity index (χ4n) is 1.98. The highest BCUT2D eigenvalue weighted by atomic mass is 35.5. The van der Waals surface area contributed by atoms with Crippen LogP contribution >= 0.6 is 34.5 Å². The van der Waals surface area contributed by atoms with E-state index < -0.39 is 0 Å². The molecule has 0 aromatic carbocycles. The van der Waals surface area contributed by atoms with Gasteiger partial charge in [0.15, 0.2) is 0 Å². The van der Waals surface area contributed by atoms with Crippen LogP contribution in [0.25, 0.3) is 0 Å². The molecule has 0 fully saturated rings. The Morgan fingerprint density at radius 3 is 2.72 bits per heavy atom. The van der Waals surface area contributed by atoms with Gasteiger partial charge < -0.3 is 5.73 Å². The summed E-state index contributed by atoms with van der Waals surface area (Å²) >= 11 is 13.4. The molecule has 2 aromatic heterocycles. The lowest BCUT2D eigenvalue weighted by Gasteiger charge is -2.11. The molecule has 1 unspecified atom stereocenters. The number of hydrogen-bond donors (Lipinski definition) is 1. The lowest BCUT2D eigenvalue weighted by atomic mass is 10.1. The van der Waals surface area contributed by atoms with Crippen LogP contribution in [0.4, 0.5) is 0 Å². The third-order valence-corrected chi connectivity index (χ3v) is 4.31. The second-order valence-electron chi connectivity index (χ2n) is 4.18. The maximum Gasteiger partial charge on any atom is 0.0992 e. The van der Waals surface area contributed by atoms with Crippen molar-refractivity contribution in [2.24, 2.45) is 5.73 Å². The number of aromatic nitrogens is 2. The molecule has 98 valence electrons. The maximum absolute atomic E-state index is 6.20. The van der Waals surface area contributed by atoms with E-state index in [1.807, 2.05) is 17.7 Å². The Balaban J connectivity index is 2.20. The molecule has 6 heteroatoms. The van der Waals surface area contributed by atoms with Crippen molar-refractivity contribution in [2.75, 3.05) is 0 Å². The van der Waals surface area contributed by atoms with Crippen LogP contribution in [0.3, 0.4) is 0 Å². The van der Waals surface area contributed by atoms with Crippen LogP contribution in [-0.4, -0.2) is 9.78 Å². The maximum atomic E-state index is 6.20. The number of aryl methyl sites for hydroxylation is 2. The summed E-state index contributed by atoms with van der Waals surface area (Å²) in [4.78, 5) is 0. The molecule has 0 saturated carbocycles. The zero-order valence-corrected chi connectivity index (χ0v) is 12.6. The molecule has 2 heterocycles. The summed E-state index contributed by atoms with van der Waals surface area (Å²) in [5.74, 6) is 0. The molecule has 18 heavy (non-hydrogen) atoms. The first-order valence-corrected chi connectivity index (χ1v) is 7.32. The first-order valence-electron chi connectivity index (χ1n) is 5.75. The summed E-state index contributed by atoms with van der Waals surface area (Å²) in [5, 5.41) is 4.41. The summed E-state index contributed by atoms with van der Waals surface area (Å²) in [6.45, 7) is 4.89. The van der Waals surface area contributed by atoms with E-state index >= 15 is 0 Å². The van der Waals surface area contributed by atoms with Crippen molar-refractivity contribution in [3.63, 3.8) is 0 Å². The molecule has 2 N–H and O–H groups in total. The van der Waals surface area contributed by atoms with E-state index in [1.54, 1.807) is 0 Å². The van der Waals surface area contributed by atoms with Gasteiger partial charge in [0.05, 0.1) is 14.4 Å². The van der Waals surface area contributed by atoms with Gasteiger partial charge in [-0.1, -0.05) is 23.2 Å². The summed E-state index contributed by atoms with van der Waals surface area (Å²) in [7, 11) is 0. The third kappa shape index (κ3) is 2.88. The van der Waals surface area contributed by atoms with Crippen LogP contribution in [-0.2, 0) is 13.0 Å². The van der Waals surface area contributed by atoms with Crippen molar-refractivity contribution in [3.05, 3.63) is 37.8 Å². The van der Waals surface area contributed by atoms with Crippen LogP contribution in [0.2, 0.25) is 8.67 Å². The predicted octanol–water partition coefficient (Wildman–Crippen LogP) is 3.82. The number of nitrogens with two attached hydrogens (primary N) is 1. The van der Waals surface area contributed by atoms with E-state index in [-0.39, 0.29) is 6.04 Å². The Kier molecular flexibility index (Phi) is 4.33. The molecule has 0 aliphatic rings. The topological polar surface area (TPSA) is 43.8 Å². The number of thiophene rings is 1. The summed E-state index contributed by atoms with van der Waals surface area (Å²) in [6, 6.07) is 3.76. The Bertz CT molecular complexity index is 548. The lowest BCUT2D eigenvalue weighted by Crippen LogP contribution is -2.15. The van der Waals surface area contributed by atoms with E-state index in [9.17, 15) is 0 Å². The van der Waals surface area contributed by atoms with Crippen molar-refractivity contribution in [1.29, 1.82) is 0 Å². The summed E-state index contributed by atoms with van der Waals surface area (Å²) < 4.78 is 3.31. The van der Waals surface area contributed by atoms with Gasteiger partial charge in [0, 0.05) is 30.3 Å². The van der Waals surface area contributed by atoms with Gasteiger partial charge in [-0.3, -0.25) is 4.68 Å². The highest BCUT2D eigenvalue weighted by Crippen LogP contribution is 2.35. The van der Waals surface area contributed by atoms with Gasteiger partial charge in [0.25, 0.3) is 0 Å². The first-order chi connectivity index (χ1) is 8.51. The van der Waals surface area contributed by atoms with Crippen LogP contribution < -0.4 is 5.73 Å². The Morgan fingerprint density at radius 1 is 1.44 bits per heavy atom. The molecule has 0 radical (unpaired) electrons. The number of rotatable bonds is 4. The first kappa shape index (κ1) is 13.9. The van der Waals surface area contributed by atoms with Crippen LogP contribution in [0.1, 0.15) is 29.9 Å². The van der Waals surface area contributed by atoms with E-state index in [1.165, 1.54) is 11.3 Å². The Morgan fingerprint density at radius 2 is 2.17 bits per heavy atom. The molecular formula is C12H15Cl2N3S. The van der Waals surface area contributed by atoms with E-state index in [0.29, 0.717) is 15.1 Å². The van der Waals surface area contributed by atoms with Gasteiger partial charge in [-0.15, -0.1) is 11.3 Å². The van der Waals surface area contributed by atoms with Crippen LogP contribution in [0.5, 0.6) is 0 Å². The SMILES string of the molecule is CCn1nc(C)cc1CC(N)c1cc(Cl)sc1Cl. The number of hydrogen-bond acceptors (Lipinski definition) is 3. The molecule has 0 amide bonds. The van der Waals surface area contributed by atoms with Crippen molar-refractivity contribution in [2.45, 2.75) is 32.9 Å². The van der Waals surface area contributed by atoms with Gasteiger partial charge in [-0.05, 0) is 26.0 Å². The summed E-state index contributed by atoms with van der Waals surface area (Å²) in [6.07, 6.45) is 0.710. The minimum atomic E-state index is -0.150. The van der Waals surface area contributed by atoms with Crippen LogP contribution in [0.15, 0.2) is 12.1 Å². The van der Waals surface area contributed by atoms with Crippen molar-refractivity contribution < 1.29 is 0 Å². The molecule has 2 rings (SSSR count). The molecule has 3 nitrogen and oxygen atoms in total. The quantitative estimate of drug-likeness (QED) is 0.933. The minimum Gasteiger partial charge on any atom is -0.324 e. The highest BCUT2D eigenvalue weighted by molar-refractivity contribution is 7.20. The number of nitrogens with zero attached hydrogens (tertiary/aromatic N) is 2. The van der Waals surface area contributed by atoms with Gasteiger partial charge in [0.1, 0.15) is 0 Å². The predicted molar refractivity (Wildman–Crippen MR) is 77.6 cm³/mol. The fraction of sp³-hybridized carbons (Fsp3) is 0.417. The fourth-order valence-corrected chi connectivity index (χ4v) is 3.58. The second-order valence-corrected chi connectivity index (χ2v) is 6.47. The van der Waals surface area contributed by atoms with Gasteiger partial charge >= 0.3 is 0 Å². The third-order valence-electron chi connectivity index (χ3n) is 2.80. The molecular weight excluding hydrogens is 289 g/mol. The molecule has 0 bridgehead atoms. The largest absolute Gasteiger partial charge is 0.324 e. The zero-order chi connectivity index (χ0) is 13.3. The van der Waals surface area contributed by atoms with Gasteiger partial charge in [-0.25, -0.2) is 0 Å². The normalized spacial score (nSPS) is 12.9. The average Bonchev–Trinajstić information content (AvgIpc) is 2.81. The van der Waals surface area contributed by atoms with Crippen LogP contribution in [0, 0.1) is 6.92 Å². The van der Waals surface area contributed by atoms with E-state index in [0.717, 1.165) is 23.5 Å². The molecule has 0 spiro atoms. The highest BCUT2D eigenvalue weighted by Gasteiger charge is 2.16. The molecule has 0 saturated heterocycles. The van der Waals surface area contributed by atoms with E-state index in [2.05, 4.69) is 18.1 Å². The molecule has 2 aromatic rings. The lowest BCUT2D eigenvalue weighted by molar-refractivity contribution is 0.588. The smallest absolute Gasteiger partial charge is 0.0992 e. The van der Waals surface area contributed by atoms with Gasteiger partial charge in [0.2, 0.25) is 0 Å². The Labute approximate surface area is 121 Å². The Hall–Kier alpha value is -0.550. The van der Waals surface area contributed by atoms with Crippen molar-refractivity contribution >= 4 is 34.5 Å². The second kappa shape index (κ2) is 5.61. The molecule has 1 atom stereocenters. The average molecular weight is 304 g/mol. The number of halogens is 2. The minimum absolute atomic E-state index is 0.150. The molecule has 0 aliphatic heterocycles. The van der Waals surface area contributed by atoms with E-state index in [4.69, 9.17) is 28.9 Å². The van der Waals surface area contributed by atoms with Crippen molar-refractivity contribution in [3.8, 4) is 0 Å².